The van der Waals surface area contributed by atoms with E-state index in [1.807, 2.05) is 0 Å². The number of piperidine rings is 1. The molecule has 2 aliphatic rings. The van der Waals surface area contributed by atoms with E-state index in [9.17, 15) is 13.2 Å². The summed E-state index contributed by atoms with van der Waals surface area (Å²) < 4.78 is 27.7. The first-order valence-electron chi connectivity index (χ1n) is 8.02. The molecule has 2 fully saturated rings. The number of nitrogens with zero attached hydrogens (tertiary/aromatic N) is 2. The average Bonchev–Trinajstić information content (AvgIpc) is 3.15. The van der Waals surface area contributed by atoms with E-state index in [0.717, 1.165) is 37.3 Å². The fraction of sp³-hybridized carbons (Fsp3) is 0.667. The van der Waals surface area contributed by atoms with Crippen LogP contribution in [0.25, 0.3) is 0 Å². The lowest BCUT2D eigenvalue weighted by atomic mass is 9.78. The molecule has 0 radical (unpaired) electrons. The summed E-state index contributed by atoms with van der Waals surface area (Å²) in [6.07, 6.45) is 1.95. The van der Waals surface area contributed by atoms with Crippen LogP contribution in [0.4, 0.5) is 0 Å². The Kier molecular flexibility index (Phi) is 5.22. The molecule has 2 atom stereocenters. The molecule has 0 unspecified atom stereocenters. The van der Waals surface area contributed by atoms with Crippen LogP contribution in [0.15, 0.2) is 16.3 Å². The van der Waals surface area contributed by atoms with Crippen molar-refractivity contribution in [3.8, 4) is 0 Å². The number of amides is 1. The number of halogens is 1. The maximum atomic E-state index is 12.8. The zero-order valence-electron chi connectivity index (χ0n) is 13.5. The van der Waals surface area contributed by atoms with Crippen LogP contribution in [0.3, 0.4) is 0 Å². The third kappa shape index (κ3) is 3.48. The molecule has 134 valence electrons. The predicted molar refractivity (Wildman–Crippen MR) is 94.5 cm³/mol. The van der Waals surface area contributed by atoms with Crippen molar-refractivity contribution in [2.75, 3.05) is 33.2 Å². The Morgan fingerprint density at radius 2 is 1.96 bits per heavy atom. The maximum Gasteiger partial charge on any atom is 0.252 e. The van der Waals surface area contributed by atoms with Gasteiger partial charge in [-0.1, -0.05) is 11.6 Å². The summed E-state index contributed by atoms with van der Waals surface area (Å²) in [7, 11) is -1.54. The number of thiophene rings is 1. The first-order valence-corrected chi connectivity index (χ1v) is 10.7. The molecule has 0 aromatic carbocycles. The van der Waals surface area contributed by atoms with Crippen LogP contribution < -0.4 is 5.73 Å². The number of rotatable bonds is 4. The molecule has 2 saturated heterocycles. The molecule has 1 amide bonds. The Balaban J connectivity index is 1.81. The zero-order chi connectivity index (χ0) is 17.5. The van der Waals surface area contributed by atoms with E-state index in [0.29, 0.717) is 16.8 Å². The quantitative estimate of drug-likeness (QED) is 0.842. The molecule has 1 aromatic rings. The van der Waals surface area contributed by atoms with Crippen molar-refractivity contribution < 1.29 is 13.2 Å². The summed E-state index contributed by atoms with van der Waals surface area (Å²) >= 11 is 6.91. The molecule has 0 saturated carbocycles. The van der Waals surface area contributed by atoms with E-state index in [-0.39, 0.29) is 16.7 Å². The molecule has 2 N–H and O–H groups in total. The highest BCUT2D eigenvalue weighted by Gasteiger charge is 2.45. The number of likely N-dealkylation sites (tertiary alicyclic amines) is 1. The van der Waals surface area contributed by atoms with Crippen molar-refractivity contribution in [1.29, 1.82) is 0 Å². The summed E-state index contributed by atoms with van der Waals surface area (Å²) in [6, 6.07) is 3.10. The van der Waals surface area contributed by atoms with Gasteiger partial charge in [-0.15, -0.1) is 11.3 Å². The van der Waals surface area contributed by atoms with E-state index < -0.39 is 21.8 Å². The molecular weight excluding hydrogens is 370 g/mol. The SMILES string of the molecule is CN1CCC([C@@H]2CN(S(=O)(=O)c3ccc(Cl)s3)C[C@H]2C(N)=O)CC1. The predicted octanol–water partition coefficient (Wildman–Crippen LogP) is 1.47. The van der Waals surface area contributed by atoms with Crippen molar-refractivity contribution in [2.24, 2.45) is 23.5 Å². The fourth-order valence-corrected chi connectivity index (χ4v) is 6.93. The van der Waals surface area contributed by atoms with Gasteiger partial charge in [-0.3, -0.25) is 4.79 Å². The van der Waals surface area contributed by atoms with E-state index in [1.165, 1.54) is 10.4 Å². The summed E-state index contributed by atoms with van der Waals surface area (Å²) in [4.78, 5) is 14.2. The molecule has 2 aliphatic heterocycles. The third-order valence-electron chi connectivity index (χ3n) is 5.21. The number of sulfonamides is 1. The van der Waals surface area contributed by atoms with Crippen LogP contribution in [0.1, 0.15) is 12.8 Å². The van der Waals surface area contributed by atoms with Crippen molar-refractivity contribution in [1.82, 2.24) is 9.21 Å². The molecule has 24 heavy (non-hydrogen) atoms. The summed E-state index contributed by atoms with van der Waals surface area (Å²) in [6.45, 7) is 2.48. The number of carbonyl (C=O) groups is 1. The van der Waals surface area contributed by atoms with Crippen molar-refractivity contribution in [3.63, 3.8) is 0 Å². The van der Waals surface area contributed by atoms with Gasteiger partial charge in [-0.25, -0.2) is 8.42 Å². The lowest BCUT2D eigenvalue weighted by Crippen LogP contribution is -2.38. The second-order valence-electron chi connectivity index (χ2n) is 6.69. The Morgan fingerprint density at radius 1 is 1.29 bits per heavy atom. The Bertz CT molecular complexity index is 713. The van der Waals surface area contributed by atoms with Gasteiger partial charge < -0.3 is 10.6 Å². The van der Waals surface area contributed by atoms with Crippen LogP contribution in [0, 0.1) is 17.8 Å². The molecular formula is C15H22ClN3O3S2. The molecule has 0 spiro atoms. The lowest BCUT2D eigenvalue weighted by molar-refractivity contribution is -0.123. The molecule has 0 bridgehead atoms. The monoisotopic (exact) mass is 391 g/mol. The van der Waals surface area contributed by atoms with Gasteiger partial charge in [0.2, 0.25) is 5.91 Å². The van der Waals surface area contributed by atoms with Gasteiger partial charge in [0, 0.05) is 13.1 Å². The van der Waals surface area contributed by atoms with Gasteiger partial charge in [-0.05, 0) is 56.9 Å². The normalized spacial score (nSPS) is 27.6. The minimum absolute atomic E-state index is 0.00130. The van der Waals surface area contributed by atoms with Gasteiger partial charge in [0.25, 0.3) is 10.0 Å². The molecule has 9 heteroatoms. The Labute approximate surface area is 151 Å². The van der Waals surface area contributed by atoms with Crippen molar-refractivity contribution in [2.45, 2.75) is 17.1 Å². The highest BCUT2D eigenvalue weighted by Crippen LogP contribution is 2.39. The fourth-order valence-electron chi connectivity index (χ4n) is 3.79. The highest BCUT2D eigenvalue weighted by molar-refractivity contribution is 7.91. The maximum absolute atomic E-state index is 12.8. The first kappa shape index (κ1) is 18.1. The van der Waals surface area contributed by atoms with Gasteiger partial charge in [0.05, 0.1) is 10.3 Å². The number of carbonyl (C=O) groups excluding carboxylic acids is 1. The van der Waals surface area contributed by atoms with Crippen LogP contribution >= 0.6 is 22.9 Å². The minimum Gasteiger partial charge on any atom is -0.369 e. The number of nitrogens with two attached hydrogens (primary N) is 1. The van der Waals surface area contributed by atoms with Crippen LogP contribution in [-0.2, 0) is 14.8 Å². The second kappa shape index (κ2) is 6.92. The van der Waals surface area contributed by atoms with E-state index in [4.69, 9.17) is 17.3 Å². The molecule has 1 aromatic heterocycles. The molecule has 3 heterocycles. The number of hydrogen-bond acceptors (Lipinski definition) is 5. The number of hydrogen-bond donors (Lipinski definition) is 1. The van der Waals surface area contributed by atoms with Crippen LogP contribution in [-0.4, -0.2) is 56.8 Å². The number of primary amides is 1. The van der Waals surface area contributed by atoms with Crippen LogP contribution in [0.5, 0.6) is 0 Å². The van der Waals surface area contributed by atoms with Crippen molar-refractivity contribution >= 4 is 38.9 Å². The molecule has 0 aliphatic carbocycles. The van der Waals surface area contributed by atoms with Gasteiger partial charge in [0.15, 0.2) is 0 Å². The van der Waals surface area contributed by atoms with Gasteiger partial charge in [-0.2, -0.15) is 4.31 Å². The van der Waals surface area contributed by atoms with Gasteiger partial charge >= 0.3 is 0 Å². The average molecular weight is 392 g/mol. The standard InChI is InChI=1S/C15H22ClN3O3S2/c1-18-6-4-10(5-7-18)11-8-19(9-12(11)15(17)20)24(21,22)14-3-2-13(16)23-14/h2-3,10-12H,4-9H2,1H3,(H2,17,20)/t11-,12+/m0/s1. The van der Waals surface area contributed by atoms with Crippen molar-refractivity contribution in [3.05, 3.63) is 16.5 Å². The smallest absolute Gasteiger partial charge is 0.252 e. The Morgan fingerprint density at radius 3 is 2.50 bits per heavy atom. The summed E-state index contributed by atoms with van der Waals surface area (Å²) in [5.41, 5.74) is 5.58. The highest BCUT2D eigenvalue weighted by atomic mass is 35.5. The summed E-state index contributed by atoms with van der Waals surface area (Å²) in [5, 5.41) is 0. The zero-order valence-corrected chi connectivity index (χ0v) is 15.9. The Hall–Kier alpha value is -0.670. The summed E-state index contributed by atoms with van der Waals surface area (Å²) in [5.74, 6) is -0.475. The van der Waals surface area contributed by atoms with Crippen LogP contribution in [0.2, 0.25) is 4.34 Å². The third-order valence-corrected chi connectivity index (χ3v) is 8.74. The van der Waals surface area contributed by atoms with E-state index in [2.05, 4.69) is 11.9 Å². The lowest BCUT2D eigenvalue weighted by Gasteiger charge is -2.34. The topological polar surface area (TPSA) is 83.7 Å². The minimum atomic E-state index is -3.62. The second-order valence-corrected chi connectivity index (χ2v) is 10.6. The molecule has 6 nitrogen and oxygen atoms in total. The van der Waals surface area contributed by atoms with E-state index in [1.54, 1.807) is 6.07 Å². The first-order chi connectivity index (χ1) is 11.3. The largest absolute Gasteiger partial charge is 0.369 e. The molecule has 3 rings (SSSR count). The van der Waals surface area contributed by atoms with Gasteiger partial charge in [0.1, 0.15) is 4.21 Å². The van der Waals surface area contributed by atoms with E-state index >= 15 is 0 Å².